The maximum Gasteiger partial charge on any atom is 0.0961 e. The molecule has 1 aromatic heterocycles. The highest BCUT2D eigenvalue weighted by atomic mass is 35.5. The molecule has 94 valence electrons. The number of halogens is 4. The normalized spacial score (nSPS) is 10.7. The van der Waals surface area contributed by atoms with E-state index in [0.717, 1.165) is 5.56 Å². The average molecular weight is 322 g/mol. The molecule has 0 fully saturated rings. The topological polar surface area (TPSA) is 38.9 Å². The van der Waals surface area contributed by atoms with Crippen molar-refractivity contribution in [3.8, 4) is 11.3 Å². The molecule has 0 radical (unpaired) electrons. The molecule has 0 saturated heterocycles. The van der Waals surface area contributed by atoms with Gasteiger partial charge in [-0.05, 0) is 24.6 Å². The summed E-state index contributed by atoms with van der Waals surface area (Å²) >= 11 is 24.2. The number of hydrogen-bond donors (Lipinski definition) is 1. The number of aromatic nitrogens is 1. The van der Waals surface area contributed by atoms with Gasteiger partial charge in [-0.3, -0.25) is 4.98 Å². The van der Waals surface area contributed by atoms with Crippen LogP contribution in [-0.2, 0) is 0 Å². The highest BCUT2D eigenvalue weighted by molar-refractivity contribution is 6.51. The van der Waals surface area contributed by atoms with E-state index in [1.165, 1.54) is 6.07 Å². The van der Waals surface area contributed by atoms with Crippen molar-refractivity contribution in [3.05, 3.63) is 44.0 Å². The first-order valence-corrected chi connectivity index (χ1v) is 6.48. The Hall–Kier alpha value is -0.670. The summed E-state index contributed by atoms with van der Waals surface area (Å²) in [4.78, 5) is 4.24. The molecule has 0 aliphatic carbocycles. The zero-order valence-corrected chi connectivity index (χ0v) is 12.3. The van der Waals surface area contributed by atoms with Gasteiger partial charge in [0.05, 0.1) is 31.5 Å². The van der Waals surface area contributed by atoms with Crippen molar-refractivity contribution in [2.75, 3.05) is 5.73 Å². The number of benzene rings is 1. The molecular formula is C12H8Cl4N2. The molecule has 0 atom stereocenters. The summed E-state index contributed by atoms with van der Waals surface area (Å²) in [6.07, 6.45) is 1.68. The number of nitrogen functional groups attached to an aromatic ring is 1. The zero-order chi connectivity index (χ0) is 13.4. The fraction of sp³-hybridized carbons (Fsp3) is 0.0833. The Morgan fingerprint density at radius 3 is 2.28 bits per heavy atom. The lowest BCUT2D eigenvalue weighted by molar-refractivity contribution is 1.27. The van der Waals surface area contributed by atoms with Crippen molar-refractivity contribution in [1.29, 1.82) is 0 Å². The van der Waals surface area contributed by atoms with Gasteiger partial charge in [-0.1, -0.05) is 46.4 Å². The largest absolute Gasteiger partial charge is 0.397 e. The maximum absolute atomic E-state index is 6.15. The fourth-order valence-corrected chi connectivity index (χ4v) is 2.68. The van der Waals surface area contributed by atoms with Crippen LogP contribution in [-0.4, -0.2) is 4.98 Å². The first-order chi connectivity index (χ1) is 8.41. The van der Waals surface area contributed by atoms with E-state index in [4.69, 9.17) is 52.1 Å². The van der Waals surface area contributed by atoms with Crippen LogP contribution < -0.4 is 5.73 Å². The first-order valence-electron chi connectivity index (χ1n) is 4.97. The van der Waals surface area contributed by atoms with Crippen LogP contribution in [0, 0.1) is 6.92 Å². The van der Waals surface area contributed by atoms with Crippen molar-refractivity contribution >= 4 is 52.1 Å². The first kappa shape index (κ1) is 13.8. The number of nitrogens with two attached hydrogens (primary N) is 1. The van der Waals surface area contributed by atoms with Crippen LogP contribution in [0.2, 0.25) is 20.1 Å². The van der Waals surface area contributed by atoms with E-state index in [-0.39, 0.29) is 10.0 Å². The third-order valence-electron chi connectivity index (χ3n) is 2.40. The molecule has 0 bridgehead atoms. The van der Waals surface area contributed by atoms with E-state index in [0.29, 0.717) is 27.0 Å². The van der Waals surface area contributed by atoms with Gasteiger partial charge >= 0.3 is 0 Å². The Balaban J connectivity index is 2.75. The number of aryl methyl sites for hydroxylation is 1. The van der Waals surface area contributed by atoms with Crippen LogP contribution in [0.4, 0.5) is 5.69 Å². The second-order valence-corrected chi connectivity index (χ2v) is 5.36. The minimum atomic E-state index is 0.236. The summed E-state index contributed by atoms with van der Waals surface area (Å²) in [5.41, 5.74) is 8.34. The van der Waals surface area contributed by atoms with Gasteiger partial charge in [0.1, 0.15) is 0 Å². The number of rotatable bonds is 1. The molecule has 1 aromatic carbocycles. The predicted octanol–water partition coefficient (Wildman–Crippen LogP) is 5.25. The Labute approximate surface area is 125 Å². The van der Waals surface area contributed by atoms with Crippen molar-refractivity contribution < 1.29 is 0 Å². The van der Waals surface area contributed by atoms with E-state index in [2.05, 4.69) is 4.98 Å². The highest BCUT2D eigenvalue weighted by Crippen LogP contribution is 2.43. The minimum Gasteiger partial charge on any atom is -0.397 e. The molecule has 6 heteroatoms. The molecule has 0 aliphatic rings. The fourth-order valence-electron chi connectivity index (χ4n) is 1.58. The van der Waals surface area contributed by atoms with E-state index in [1.54, 1.807) is 12.3 Å². The average Bonchev–Trinajstić information content (AvgIpc) is 2.29. The van der Waals surface area contributed by atoms with Crippen molar-refractivity contribution in [2.45, 2.75) is 6.92 Å². The van der Waals surface area contributed by atoms with Gasteiger partial charge in [0.25, 0.3) is 0 Å². The van der Waals surface area contributed by atoms with Gasteiger partial charge in [-0.2, -0.15) is 0 Å². The molecule has 0 aliphatic heterocycles. The van der Waals surface area contributed by atoms with Crippen LogP contribution in [0.25, 0.3) is 11.3 Å². The highest BCUT2D eigenvalue weighted by Gasteiger charge is 2.18. The van der Waals surface area contributed by atoms with Gasteiger partial charge in [0, 0.05) is 11.8 Å². The smallest absolute Gasteiger partial charge is 0.0961 e. The number of anilines is 1. The SMILES string of the molecule is Cc1cnc(-c2c(Cl)cc(Cl)c(Cl)c2Cl)c(N)c1. The standard InChI is InChI=1S/C12H8Cl4N2/c1-5-2-8(17)12(18-4-5)9-6(13)3-7(14)10(15)11(9)16/h2-4H,17H2,1H3. The molecule has 0 spiro atoms. The molecule has 2 rings (SSSR count). The number of pyridine rings is 1. The van der Waals surface area contributed by atoms with Gasteiger partial charge < -0.3 is 5.73 Å². The molecule has 18 heavy (non-hydrogen) atoms. The lowest BCUT2D eigenvalue weighted by Gasteiger charge is -2.11. The molecule has 0 unspecified atom stereocenters. The van der Waals surface area contributed by atoms with Gasteiger partial charge in [-0.25, -0.2) is 0 Å². The summed E-state index contributed by atoms with van der Waals surface area (Å²) in [6, 6.07) is 3.31. The second-order valence-electron chi connectivity index (χ2n) is 3.79. The Bertz CT molecular complexity index is 626. The quantitative estimate of drug-likeness (QED) is 0.575. The van der Waals surface area contributed by atoms with Crippen molar-refractivity contribution in [1.82, 2.24) is 4.98 Å². The molecule has 2 nitrogen and oxygen atoms in total. The third-order valence-corrected chi connectivity index (χ3v) is 3.97. The summed E-state index contributed by atoms with van der Waals surface area (Å²) in [6.45, 7) is 1.89. The predicted molar refractivity (Wildman–Crippen MR) is 78.9 cm³/mol. The van der Waals surface area contributed by atoms with Crippen LogP contribution in [0.1, 0.15) is 5.56 Å². The monoisotopic (exact) mass is 320 g/mol. The van der Waals surface area contributed by atoms with E-state index in [9.17, 15) is 0 Å². The summed E-state index contributed by atoms with van der Waals surface area (Å²) in [7, 11) is 0. The lowest BCUT2D eigenvalue weighted by atomic mass is 10.1. The van der Waals surface area contributed by atoms with Crippen LogP contribution in [0.5, 0.6) is 0 Å². The molecule has 0 saturated carbocycles. The van der Waals surface area contributed by atoms with E-state index in [1.807, 2.05) is 6.92 Å². The van der Waals surface area contributed by atoms with Crippen LogP contribution >= 0.6 is 46.4 Å². The minimum absolute atomic E-state index is 0.236. The van der Waals surface area contributed by atoms with Crippen LogP contribution in [0.15, 0.2) is 18.3 Å². The number of hydrogen-bond acceptors (Lipinski definition) is 2. The zero-order valence-electron chi connectivity index (χ0n) is 9.27. The van der Waals surface area contributed by atoms with Crippen molar-refractivity contribution in [3.63, 3.8) is 0 Å². The van der Waals surface area contributed by atoms with Gasteiger partial charge in [-0.15, -0.1) is 0 Å². The maximum atomic E-state index is 6.15. The summed E-state index contributed by atoms with van der Waals surface area (Å²) in [5.74, 6) is 0. The Morgan fingerprint density at radius 1 is 1.00 bits per heavy atom. The summed E-state index contributed by atoms with van der Waals surface area (Å²) < 4.78 is 0. The van der Waals surface area contributed by atoms with Crippen LogP contribution in [0.3, 0.4) is 0 Å². The second kappa shape index (κ2) is 5.14. The Kier molecular flexibility index (Phi) is 3.93. The van der Waals surface area contributed by atoms with E-state index >= 15 is 0 Å². The van der Waals surface area contributed by atoms with Crippen molar-refractivity contribution in [2.24, 2.45) is 0 Å². The molecule has 2 N–H and O–H groups in total. The third kappa shape index (κ3) is 2.39. The number of nitrogens with zero attached hydrogens (tertiary/aromatic N) is 1. The lowest BCUT2D eigenvalue weighted by Crippen LogP contribution is -1.96. The van der Waals surface area contributed by atoms with E-state index < -0.39 is 0 Å². The summed E-state index contributed by atoms with van der Waals surface area (Å²) in [5, 5.41) is 1.13. The molecular weight excluding hydrogens is 314 g/mol. The molecule has 0 amide bonds. The Morgan fingerprint density at radius 2 is 1.67 bits per heavy atom. The molecule has 2 aromatic rings. The molecule has 1 heterocycles. The van der Waals surface area contributed by atoms with Gasteiger partial charge in [0.2, 0.25) is 0 Å². The van der Waals surface area contributed by atoms with Gasteiger partial charge in [0.15, 0.2) is 0 Å².